The van der Waals surface area contributed by atoms with E-state index in [1.165, 1.54) is 13.3 Å². The van der Waals surface area contributed by atoms with Crippen molar-refractivity contribution in [3.63, 3.8) is 0 Å². The molecule has 0 atom stereocenters. The predicted molar refractivity (Wildman–Crippen MR) is 59.6 cm³/mol. The number of nitrogens with one attached hydrogen (secondary N) is 1. The van der Waals surface area contributed by atoms with Crippen molar-refractivity contribution in [3.8, 4) is 0 Å². The van der Waals surface area contributed by atoms with Gasteiger partial charge in [-0.3, -0.25) is 0 Å². The second-order valence-corrected chi connectivity index (χ2v) is 3.37. The van der Waals surface area contributed by atoms with Gasteiger partial charge in [-0.25, -0.2) is 10.2 Å². The summed E-state index contributed by atoms with van der Waals surface area (Å²) >= 11 is 11.6. The molecular weight excluding hydrogens is 239 g/mol. The topological polar surface area (TPSA) is 50.7 Å². The van der Waals surface area contributed by atoms with E-state index < -0.39 is 6.09 Å². The summed E-state index contributed by atoms with van der Waals surface area (Å²) in [6.45, 7) is 0. The number of methoxy groups -OCH3 is 1. The summed E-state index contributed by atoms with van der Waals surface area (Å²) in [5, 5.41) is 4.62. The van der Waals surface area contributed by atoms with Crippen LogP contribution < -0.4 is 5.43 Å². The van der Waals surface area contributed by atoms with Crippen molar-refractivity contribution in [2.45, 2.75) is 0 Å². The SMILES string of the molecule is COC(=O)N/N=C\c1ccc(Cl)cc1Cl. The van der Waals surface area contributed by atoms with Crippen molar-refractivity contribution in [3.05, 3.63) is 33.8 Å². The molecule has 0 bridgehead atoms. The summed E-state index contributed by atoms with van der Waals surface area (Å²) in [5.74, 6) is 0. The number of amides is 1. The summed E-state index contributed by atoms with van der Waals surface area (Å²) in [7, 11) is 1.25. The normalized spacial score (nSPS) is 10.3. The van der Waals surface area contributed by atoms with Crippen LogP contribution in [-0.4, -0.2) is 19.4 Å². The van der Waals surface area contributed by atoms with Crippen molar-refractivity contribution in [2.75, 3.05) is 7.11 Å². The molecule has 0 fully saturated rings. The van der Waals surface area contributed by atoms with Crippen LogP contribution in [0, 0.1) is 0 Å². The minimum atomic E-state index is -0.642. The van der Waals surface area contributed by atoms with Crippen molar-refractivity contribution >= 4 is 35.5 Å². The number of hydrogen-bond donors (Lipinski definition) is 1. The van der Waals surface area contributed by atoms with Gasteiger partial charge in [-0.1, -0.05) is 29.3 Å². The van der Waals surface area contributed by atoms with Crippen molar-refractivity contribution in [2.24, 2.45) is 5.10 Å². The van der Waals surface area contributed by atoms with E-state index in [9.17, 15) is 4.79 Å². The third kappa shape index (κ3) is 3.77. The van der Waals surface area contributed by atoms with Gasteiger partial charge in [0, 0.05) is 10.6 Å². The number of benzene rings is 1. The number of hydrogen-bond acceptors (Lipinski definition) is 3. The number of hydrazone groups is 1. The van der Waals surface area contributed by atoms with Gasteiger partial charge >= 0.3 is 6.09 Å². The molecule has 0 saturated heterocycles. The fourth-order valence-corrected chi connectivity index (χ4v) is 1.26. The molecule has 0 saturated carbocycles. The molecule has 4 nitrogen and oxygen atoms in total. The summed E-state index contributed by atoms with van der Waals surface area (Å²) in [4.78, 5) is 10.6. The summed E-state index contributed by atoms with van der Waals surface area (Å²) < 4.78 is 4.32. The highest BCUT2D eigenvalue weighted by Crippen LogP contribution is 2.19. The quantitative estimate of drug-likeness (QED) is 0.645. The first-order valence-electron chi connectivity index (χ1n) is 3.95. The summed E-state index contributed by atoms with van der Waals surface area (Å²) in [6, 6.07) is 4.95. The Morgan fingerprint density at radius 2 is 2.27 bits per heavy atom. The molecular formula is C9H8Cl2N2O2. The van der Waals surface area contributed by atoms with Crippen LogP contribution in [0.15, 0.2) is 23.3 Å². The summed E-state index contributed by atoms with van der Waals surface area (Å²) in [6.07, 6.45) is 0.756. The van der Waals surface area contributed by atoms with Crippen LogP contribution in [0.5, 0.6) is 0 Å². The molecule has 0 spiro atoms. The van der Waals surface area contributed by atoms with E-state index >= 15 is 0 Å². The third-order valence-corrected chi connectivity index (χ3v) is 2.07. The van der Waals surface area contributed by atoms with Gasteiger partial charge in [0.2, 0.25) is 0 Å². The van der Waals surface area contributed by atoms with E-state index in [0.29, 0.717) is 15.6 Å². The minimum Gasteiger partial charge on any atom is -0.452 e. The van der Waals surface area contributed by atoms with Crippen LogP contribution >= 0.6 is 23.2 Å². The fourth-order valence-electron chi connectivity index (χ4n) is 0.806. The molecule has 1 aromatic rings. The monoisotopic (exact) mass is 246 g/mol. The first kappa shape index (κ1) is 11.8. The van der Waals surface area contributed by atoms with E-state index in [0.717, 1.165) is 0 Å². The smallest absolute Gasteiger partial charge is 0.427 e. The molecule has 1 N–H and O–H groups in total. The molecule has 0 unspecified atom stereocenters. The lowest BCUT2D eigenvalue weighted by atomic mass is 10.2. The van der Waals surface area contributed by atoms with E-state index in [2.05, 4.69) is 15.3 Å². The van der Waals surface area contributed by atoms with Gasteiger partial charge in [0.1, 0.15) is 0 Å². The van der Waals surface area contributed by atoms with Gasteiger partial charge in [0.15, 0.2) is 0 Å². The highest BCUT2D eigenvalue weighted by Gasteiger charge is 1.98. The van der Waals surface area contributed by atoms with Crippen LogP contribution in [0.3, 0.4) is 0 Å². The summed E-state index contributed by atoms with van der Waals surface area (Å²) in [5.41, 5.74) is 2.79. The molecule has 1 rings (SSSR count). The second kappa shape index (κ2) is 5.58. The molecule has 80 valence electrons. The Balaban J connectivity index is 2.68. The van der Waals surface area contributed by atoms with Gasteiger partial charge < -0.3 is 4.74 Å². The molecule has 1 amide bonds. The molecule has 0 aliphatic heterocycles. The molecule has 0 aromatic heterocycles. The molecule has 1 aromatic carbocycles. The lowest BCUT2D eigenvalue weighted by Crippen LogP contribution is -2.16. The van der Waals surface area contributed by atoms with Gasteiger partial charge in [-0.15, -0.1) is 0 Å². The number of halogens is 2. The van der Waals surface area contributed by atoms with Crippen molar-refractivity contribution in [1.29, 1.82) is 0 Å². The Kier molecular flexibility index (Phi) is 4.39. The van der Waals surface area contributed by atoms with Gasteiger partial charge in [0.25, 0.3) is 0 Å². The van der Waals surface area contributed by atoms with E-state index in [1.54, 1.807) is 18.2 Å². The average molecular weight is 247 g/mol. The Morgan fingerprint density at radius 3 is 2.87 bits per heavy atom. The van der Waals surface area contributed by atoms with Crippen molar-refractivity contribution < 1.29 is 9.53 Å². The zero-order chi connectivity index (χ0) is 11.3. The van der Waals surface area contributed by atoms with Crippen LogP contribution in [0.1, 0.15) is 5.56 Å². The van der Waals surface area contributed by atoms with E-state index in [1.807, 2.05) is 0 Å². The van der Waals surface area contributed by atoms with Crippen LogP contribution in [-0.2, 0) is 4.74 Å². The molecule has 6 heteroatoms. The molecule has 0 aliphatic carbocycles. The number of carbonyl (C=O) groups excluding carboxylic acids is 1. The standard InChI is InChI=1S/C9H8Cl2N2O2/c1-15-9(14)13-12-5-6-2-3-7(10)4-8(6)11/h2-5H,1H3,(H,13,14)/b12-5-. The molecule has 0 heterocycles. The lowest BCUT2D eigenvalue weighted by Gasteiger charge is -1.98. The van der Waals surface area contributed by atoms with Crippen LogP contribution in [0.25, 0.3) is 0 Å². The zero-order valence-corrected chi connectivity index (χ0v) is 9.34. The molecule has 0 aliphatic rings. The predicted octanol–water partition coefficient (Wildman–Crippen LogP) is 2.68. The van der Waals surface area contributed by atoms with E-state index in [-0.39, 0.29) is 0 Å². The Bertz CT molecular complexity index is 394. The molecule has 15 heavy (non-hydrogen) atoms. The van der Waals surface area contributed by atoms with Gasteiger partial charge in [-0.05, 0) is 12.1 Å². The first-order valence-corrected chi connectivity index (χ1v) is 4.71. The van der Waals surface area contributed by atoms with Gasteiger partial charge in [-0.2, -0.15) is 5.10 Å². The maximum absolute atomic E-state index is 10.6. The minimum absolute atomic E-state index is 0.456. The molecule has 0 radical (unpaired) electrons. The van der Waals surface area contributed by atoms with Crippen molar-refractivity contribution in [1.82, 2.24) is 5.43 Å². The Labute approximate surface area is 96.8 Å². The number of rotatable bonds is 2. The highest BCUT2D eigenvalue weighted by atomic mass is 35.5. The lowest BCUT2D eigenvalue weighted by molar-refractivity contribution is 0.171. The zero-order valence-electron chi connectivity index (χ0n) is 7.83. The third-order valence-electron chi connectivity index (χ3n) is 1.51. The van der Waals surface area contributed by atoms with E-state index in [4.69, 9.17) is 23.2 Å². The largest absolute Gasteiger partial charge is 0.452 e. The van der Waals surface area contributed by atoms with Crippen LogP contribution in [0.2, 0.25) is 10.0 Å². The van der Waals surface area contributed by atoms with Crippen LogP contribution in [0.4, 0.5) is 4.79 Å². The Morgan fingerprint density at radius 1 is 1.53 bits per heavy atom. The highest BCUT2D eigenvalue weighted by molar-refractivity contribution is 6.36. The maximum Gasteiger partial charge on any atom is 0.427 e. The number of carbonyl (C=O) groups is 1. The maximum atomic E-state index is 10.6. The first-order chi connectivity index (χ1) is 7.13. The number of nitrogens with zero attached hydrogens (tertiary/aromatic N) is 1. The average Bonchev–Trinajstić information content (AvgIpc) is 2.21. The second-order valence-electron chi connectivity index (χ2n) is 2.53. The Hall–Kier alpha value is -1.26. The number of ether oxygens (including phenoxy) is 1. The fraction of sp³-hybridized carbons (Fsp3) is 0.111. The van der Waals surface area contributed by atoms with Gasteiger partial charge in [0.05, 0.1) is 18.3 Å².